The predicted molar refractivity (Wildman–Crippen MR) is 135 cm³/mol. The molecule has 0 N–H and O–H groups in total. The van der Waals surface area contributed by atoms with Crippen molar-refractivity contribution < 1.29 is 23.4 Å². The third-order valence-electron chi connectivity index (χ3n) is 4.86. The van der Waals surface area contributed by atoms with Crippen LogP contribution in [0.4, 0.5) is 4.39 Å². The first-order valence-electron chi connectivity index (χ1n) is 10.8. The van der Waals surface area contributed by atoms with E-state index in [1.807, 2.05) is 69.3 Å². The topological polar surface area (TPSA) is 44.8 Å². The number of benzene rings is 3. The third kappa shape index (κ3) is 5.64. The molecule has 174 valence electrons. The number of esters is 1. The van der Waals surface area contributed by atoms with Gasteiger partial charge in [-0.3, -0.25) is 0 Å². The minimum Gasteiger partial charge on any atom is -0.497 e. The van der Waals surface area contributed by atoms with Gasteiger partial charge in [-0.05, 0) is 80.4 Å². The Morgan fingerprint density at radius 2 is 1.71 bits per heavy atom. The van der Waals surface area contributed by atoms with Crippen LogP contribution in [0.15, 0.2) is 72.8 Å². The van der Waals surface area contributed by atoms with Crippen molar-refractivity contribution in [2.24, 2.45) is 0 Å². The van der Waals surface area contributed by atoms with Crippen molar-refractivity contribution in [3.63, 3.8) is 0 Å². The average Bonchev–Trinajstić information content (AvgIpc) is 3.15. The Bertz CT molecular complexity index is 1350. The number of ether oxygens (including phenoxy) is 3. The van der Waals surface area contributed by atoms with Gasteiger partial charge in [-0.15, -0.1) is 11.3 Å². The van der Waals surface area contributed by atoms with Crippen molar-refractivity contribution in [2.45, 2.75) is 26.4 Å². The second-order valence-electron chi connectivity index (χ2n) is 8.67. The summed E-state index contributed by atoms with van der Waals surface area (Å²) in [5, 5.41) is 0.916. The second kappa shape index (κ2) is 9.69. The van der Waals surface area contributed by atoms with Crippen LogP contribution in [0.5, 0.6) is 17.2 Å². The highest BCUT2D eigenvalue weighted by atomic mass is 32.1. The van der Waals surface area contributed by atoms with Gasteiger partial charge in [-0.1, -0.05) is 24.3 Å². The summed E-state index contributed by atoms with van der Waals surface area (Å²) in [6.07, 6.45) is 3.10. The normalized spacial score (nSPS) is 11.7. The lowest BCUT2D eigenvalue weighted by Crippen LogP contribution is -2.22. The zero-order chi connectivity index (χ0) is 24.3. The summed E-state index contributed by atoms with van der Waals surface area (Å²) in [5.41, 5.74) is 1.04. The van der Waals surface area contributed by atoms with Crippen LogP contribution < -0.4 is 9.47 Å². The first-order chi connectivity index (χ1) is 16.2. The SMILES string of the molecule is COc1ccc2c(Oc3ccc(C=CC(=O)OC(C)(C)C)cc3)c(-c3cccc(F)c3)sc2c1. The summed E-state index contributed by atoms with van der Waals surface area (Å²) in [7, 11) is 1.62. The Kier molecular flexibility index (Phi) is 6.70. The monoisotopic (exact) mass is 476 g/mol. The van der Waals surface area contributed by atoms with Crippen LogP contribution in [0.3, 0.4) is 0 Å². The number of fused-ring (bicyclic) bond motifs is 1. The molecule has 4 nitrogen and oxygen atoms in total. The fourth-order valence-corrected chi connectivity index (χ4v) is 4.52. The van der Waals surface area contributed by atoms with Crippen molar-refractivity contribution in [1.29, 1.82) is 0 Å². The average molecular weight is 477 g/mol. The highest BCUT2D eigenvalue weighted by Crippen LogP contribution is 2.47. The molecule has 0 aliphatic carbocycles. The Labute approximate surface area is 202 Å². The minimum absolute atomic E-state index is 0.306. The molecule has 0 spiro atoms. The smallest absolute Gasteiger partial charge is 0.331 e. The van der Waals surface area contributed by atoms with Gasteiger partial charge in [0.05, 0.1) is 12.0 Å². The predicted octanol–water partition coefficient (Wildman–Crippen LogP) is 7.86. The number of methoxy groups -OCH3 is 1. The maximum atomic E-state index is 14.0. The molecule has 34 heavy (non-hydrogen) atoms. The van der Waals surface area contributed by atoms with E-state index >= 15 is 0 Å². The molecule has 0 aliphatic heterocycles. The highest BCUT2D eigenvalue weighted by Gasteiger charge is 2.18. The second-order valence-corrected chi connectivity index (χ2v) is 9.72. The number of carbonyl (C=O) groups is 1. The summed E-state index contributed by atoms with van der Waals surface area (Å²) >= 11 is 1.52. The summed E-state index contributed by atoms with van der Waals surface area (Å²) in [6, 6.07) is 19.6. The quantitative estimate of drug-likeness (QED) is 0.210. The summed E-state index contributed by atoms with van der Waals surface area (Å²) in [4.78, 5) is 12.7. The molecule has 0 fully saturated rings. The van der Waals surface area contributed by atoms with Crippen LogP contribution in [0, 0.1) is 5.82 Å². The van der Waals surface area contributed by atoms with Crippen molar-refractivity contribution in [1.82, 2.24) is 0 Å². The zero-order valence-corrected chi connectivity index (χ0v) is 20.2. The van der Waals surface area contributed by atoms with Gasteiger partial charge in [-0.25, -0.2) is 9.18 Å². The number of halogens is 1. The van der Waals surface area contributed by atoms with Gasteiger partial charge in [0.1, 0.15) is 22.9 Å². The van der Waals surface area contributed by atoms with E-state index < -0.39 is 11.6 Å². The summed E-state index contributed by atoms with van der Waals surface area (Å²) < 4.78 is 31.9. The molecule has 1 aromatic heterocycles. The van der Waals surface area contributed by atoms with E-state index in [1.165, 1.54) is 29.5 Å². The summed E-state index contributed by atoms with van der Waals surface area (Å²) in [5.74, 6) is 1.33. The molecule has 1 heterocycles. The molecular formula is C28H25FO4S. The summed E-state index contributed by atoms with van der Waals surface area (Å²) in [6.45, 7) is 5.48. The van der Waals surface area contributed by atoms with Gasteiger partial charge in [0.25, 0.3) is 0 Å². The molecule has 3 aromatic carbocycles. The van der Waals surface area contributed by atoms with Crippen molar-refractivity contribution in [3.8, 4) is 27.7 Å². The van der Waals surface area contributed by atoms with Gasteiger partial charge in [0.15, 0.2) is 5.75 Å². The molecule has 4 aromatic rings. The third-order valence-corrected chi connectivity index (χ3v) is 6.04. The van der Waals surface area contributed by atoms with Crippen LogP contribution in [0.1, 0.15) is 26.3 Å². The van der Waals surface area contributed by atoms with E-state index in [0.717, 1.165) is 31.8 Å². The standard InChI is InChI=1S/C28H25FO4S/c1-28(2,3)33-25(30)15-10-18-8-11-21(12-9-18)32-26-23-14-13-22(31-4)17-24(23)34-27(26)19-6-5-7-20(29)16-19/h5-17H,1-4H3. The van der Waals surface area contributed by atoms with Crippen LogP contribution >= 0.6 is 11.3 Å². The van der Waals surface area contributed by atoms with E-state index in [1.54, 1.807) is 19.3 Å². The zero-order valence-electron chi connectivity index (χ0n) is 19.4. The van der Waals surface area contributed by atoms with Crippen LogP contribution in [0.25, 0.3) is 26.6 Å². The molecule has 0 atom stereocenters. The minimum atomic E-state index is -0.536. The molecule has 0 saturated heterocycles. The van der Waals surface area contributed by atoms with Gasteiger partial charge in [-0.2, -0.15) is 0 Å². The van der Waals surface area contributed by atoms with Gasteiger partial charge < -0.3 is 14.2 Å². The lowest BCUT2D eigenvalue weighted by atomic mass is 10.1. The molecule has 6 heteroatoms. The van der Waals surface area contributed by atoms with Crippen LogP contribution in [-0.4, -0.2) is 18.7 Å². The van der Waals surface area contributed by atoms with Crippen molar-refractivity contribution in [3.05, 3.63) is 84.2 Å². The number of rotatable bonds is 6. The van der Waals surface area contributed by atoms with Gasteiger partial charge >= 0.3 is 5.97 Å². The number of hydrogen-bond acceptors (Lipinski definition) is 5. The maximum absolute atomic E-state index is 14.0. The Morgan fingerprint density at radius 1 is 0.971 bits per heavy atom. The molecule has 0 amide bonds. The lowest BCUT2D eigenvalue weighted by Gasteiger charge is -2.17. The fourth-order valence-electron chi connectivity index (χ4n) is 3.37. The Hall–Kier alpha value is -3.64. The molecule has 0 aliphatic rings. The maximum Gasteiger partial charge on any atom is 0.331 e. The van der Waals surface area contributed by atoms with E-state index in [0.29, 0.717) is 11.5 Å². The molecular weight excluding hydrogens is 451 g/mol. The van der Waals surface area contributed by atoms with Gasteiger partial charge in [0, 0.05) is 16.2 Å². The number of hydrogen-bond donors (Lipinski definition) is 0. The molecule has 0 unspecified atom stereocenters. The van der Waals surface area contributed by atoms with Crippen molar-refractivity contribution in [2.75, 3.05) is 7.11 Å². The van der Waals surface area contributed by atoms with E-state index in [4.69, 9.17) is 14.2 Å². The van der Waals surface area contributed by atoms with Crippen LogP contribution in [0.2, 0.25) is 0 Å². The molecule has 0 saturated carbocycles. The largest absolute Gasteiger partial charge is 0.497 e. The highest BCUT2D eigenvalue weighted by molar-refractivity contribution is 7.22. The fraction of sp³-hybridized carbons (Fsp3) is 0.179. The first kappa shape index (κ1) is 23.5. The Balaban J connectivity index is 1.63. The van der Waals surface area contributed by atoms with E-state index in [-0.39, 0.29) is 5.82 Å². The van der Waals surface area contributed by atoms with Gasteiger partial charge in [0.2, 0.25) is 0 Å². The first-order valence-corrected chi connectivity index (χ1v) is 11.6. The van der Waals surface area contributed by atoms with E-state index in [9.17, 15) is 9.18 Å². The lowest BCUT2D eigenvalue weighted by molar-refractivity contribution is -0.148. The molecule has 0 radical (unpaired) electrons. The molecule has 4 rings (SSSR count). The Morgan fingerprint density at radius 3 is 2.38 bits per heavy atom. The van der Waals surface area contributed by atoms with Crippen molar-refractivity contribution >= 4 is 33.5 Å². The number of carbonyl (C=O) groups excluding carboxylic acids is 1. The van der Waals surface area contributed by atoms with Crippen LogP contribution in [-0.2, 0) is 9.53 Å². The van der Waals surface area contributed by atoms with E-state index in [2.05, 4.69) is 0 Å². The number of thiophene rings is 1. The molecule has 0 bridgehead atoms.